The maximum atomic E-state index is 12.5. The van der Waals surface area contributed by atoms with Crippen molar-refractivity contribution in [2.75, 3.05) is 6.54 Å². The van der Waals surface area contributed by atoms with Gasteiger partial charge in [0.15, 0.2) is 11.6 Å². The summed E-state index contributed by atoms with van der Waals surface area (Å²) in [6.07, 6.45) is 0.637. The fraction of sp³-hybridized carbons (Fsp3) is 0.222. The number of aromatic hydroxyl groups is 1. The summed E-state index contributed by atoms with van der Waals surface area (Å²) in [7, 11) is 0. The minimum atomic E-state index is -0.606. The number of phenols is 1. The topological polar surface area (TPSA) is 112 Å². The second-order valence-electron chi connectivity index (χ2n) is 6.36. The van der Waals surface area contributed by atoms with Gasteiger partial charge in [-0.15, -0.1) is 11.3 Å². The number of thiophene rings is 1. The second kappa shape index (κ2) is 6.93. The number of H-pyrrole nitrogens is 1. The Morgan fingerprint density at radius 2 is 2.22 bits per heavy atom. The molecule has 3 aromatic rings. The van der Waals surface area contributed by atoms with Crippen LogP contribution in [0.15, 0.2) is 40.5 Å². The quantitative estimate of drug-likeness (QED) is 0.528. The number of nitrogens with zero attached hydrogens (tertiary/aromatic N) is 3. The van der Waals surface area contributed by atoms with E-state index in [1.807, 2.05) is 22.4 Å². The normalized spacial score (nSPS) is 14.1. The van der Waals surface area contributed by atoms with Crippen molar-refractivity contribution in [2.45, 2.75) is 19.5 Å². The van der Waals surface area contributed by atoms with Crippen LogP contribution in [0.2, 0.25) is 0 Å². The van der Waals surface area contributed by atoms with E-state index in [-0.39, 0.29) is 17.0 Å². The molecule has 1 aliphatic heterocycles. The second-order valence-corrected chi connectivity index (χ2v) is 7.31. The van der Waals surface area contributed by atoms with Crippen molar-refractivity contribution >= 4 is 17.0 Å². The molecule has 0 unspecified atom stereocenters. The van der Waals surface area contributed by atoms with Crippen molar-refractivity contribution in [3.63, 3.8) is 0 Å². The third-order valence-electron chi connectivity index (χ3n) is 4.54. The first-order chi connectivity index (χ1) is 13.0. The van der Waals surface area contributed by atoms with Crippen molar-refractivity contribution < 1.29 is 10.0 Å². The fourth-order valence-electron chi connectivity index (χ4n) is 3.22. The molecular weight excluding hydrogens is 368 g/mol. The van der Waals surface area contributed by atoms with E-state index < -0.39 is 4.92 Å². The number of nitro groups is 1. The van der Waals surface area contributed by atoms with Gasteiger partial charge in [0.1, 0.15) is 0 Å². The number of nitrogens with one attached hydrogen (secondary N) is 1. The molecule has 8 nitrogen and oxygen atoms in total. The van der Waals surface area contributed by atoms with Crippen molar-refractivity contribution in [3.8, 4) is 16.5 Å². The molecule has 0 saturated heterocycles. The number of hydrogen-bond donors (Lipinski definition) is 2. The van der Waals surface area contributed by atoms with E-state index in [0.717, 1.165) is 10.6 Å². The van der Waals surface area contributed by atoms with Crippen LogP contribution in [0.25, 0.3) is 10.7 Å². The number of aromatic nitrogens is 2. The van der Waals surface area contributed by atoms with Gasteiger partial charge in [0.25, 0.3) is 5.56 Å². The Morgan fingerprint density at radius 3 is 2.96 bits per heavy atom. The summed E-state index contributed by atoms with van der Waals surface area (Å²) in [6.45, 7) is 1.58. The smallest absolute Gasteiger partial charge is 0.311 e. The Labute approximate surface area is 157 Å². The third kappa shape index (κ3) is 3.46. The van der Waals surface area contributed by atoms with Gasteiger partial charge in [-0.2, -0.15) is 0 Å². The van der Waals surface area contributed by atoms with E-state index in [9.17, 15) is 20.0 Å². The lowest BCUT2D eigenvalue weighted by Crippen LogP contribution is -2.35. The molecule has 27 heavy (non-hydrogen) atoms. The van der Waals surface area contributed by atoms with Gasteiger partial charge in [-0.3, -0.25) is 19.8 Å². The van der Waals surface area contributed by atoms with Crippen LogP contribution in [0.4, 0.5) is 5.69 Å². The highest BCUT2D eigenvalue weighted by Crippen LogP contribution is 2.28. The van der Waals surface area contributed by atoms with E-state index in [2.05, 4.69) is 9.97 Å². The number of benzene rings is 1. The van der Waals surface area contributed by atoms with Crippen LogP contribution in [-0.4, -0.2) is 31.4 Å². The van der Waals surface area contributed by atoms with Crippen LogP contribution in [0.3, 0.4) is 0 Å². The maximum absolute atomic E-state index is 12.5. The molecule has 0 amide bonds. The van der Waals surface area contributed by atoms with Crippen LogP contribution >= 0.6 is 11.3 Å². The van der Waals surface area contributed by atoms with Crippen LogP contribution < -0.4 is 5.56 Å². The summed E-state index contributed by atoms with van der Waals surface area (Å²) in [6, 6.07) is 8.18. The van der Waals surface area contributed by atoms with Gasteiger partial charge in [0.2, 0.25) is 0 Å². The minimum absolute atomic E-state index is 0.148. The highest BCUT2D eigenvalue weighted by molar-refractivity contribution is 7.13. The molecule has 2 N–H and O–H groups in total. The monoisotopic (exact) mass is 384 g/mol. The molecule has 0 fully saturated rings. The van der Waals surface area contributed by atoms with Crippen molar-refractivity contribution in [2.24, 2.45) is 0 Å². The summed E-state index contributed by atoms with van der Waals surface area (Å²) in [5.41, 5.74) is 1.68. The van der Waals surface area contributed by atoms with Gasteiger partial charge in [-0.1, -0.05) is 12.1 Å². The first-order valence-electron chi connectivity index (χ1n) is 8.36. The molecule has 3 heterocycles. The van der Waals surface area contributed by atoms with Gasteiger partial charge in [0, 0.05) is 32.1 Å². The number of hydrogen-bond acceptors (Lipinski definition) is 7. The largest absolute Gasteiger partial charge is 0.502 e. The van der Waals surface area contributed by atoms with Crippen LogP contribution in [0, 0.1) is 10.1 Å². The van der Waals surface area contributed by atoms with Gasteiger partial charge in [0.05, 0.1) is 21.1 Å². The SMILES string of the molecule is O=c1[nH]c(-c2cccs2)nc2c1CN(Cc1ccc(O)c([N+](=O)[O-])c1)CC2. The van der Waals surface area contributed by atoms with E-state index in [1.165, 1.54) is 23.5 Å². The Bertz CT molecular complexity index is 1060. The number of nitro benzene ring substituents is 1. The first kappa shape index (κ1) is 17.4. The van der Waals surface area contributed by atoms with E-state index in [4.69, 9.17) is 0 Å². The summed E-state index contributed by atoms with van der Waals surface area (Å²) in [5, 5.41) is 22.5. The zero-order chi connectivity index (χ0) is 19.0. The Hall–Kier alpha value is -3.04. The fourth-order valence-corrected chi connectivity index (χ4v) is 3.89. The molecule has 0 atom stereocenters. The van der Waals surface area contributed by atoms with Crippen molar-refractivity contribution in [3.05, 3.63) is 73.0 Å². The minimum Gasteiger partial charge on any atom is -0.502 e. The predicted molar refractivity (Wildman–Crippen MR) is 101 cm³/mol. The molecular formula is C18H16N4O4S. The zero-order valence-corrected chi connectivity index (χ0v) is 15.0. The lowest BCUT2D eigenvalue weighted by molar-refractivity contribution is -0.385. The first-order valence-corrected chi connectivity index (χ1v) is 9.24. The number of aromatic amines is 1. The Balaban J connectivity index is 1.56. The molecule has 4 rings (SSSR count). The Morgan fingerprint density at radius 1 is 1.37 bits per heavy atom. The summed E-state index contributed by atoms with van der Waals surface area (Å²) in [5.74, 6) is 0.242. The number of phenolic OH excluding ortho intramolecular Hbond substituents is 1. The molecule has 0 spiro atoms. The molecule has 0 radical (unpaired) electrons. The number of fused-ring (bicyclic) bond motifs is 1. The average Bonchev–Trinajstić information content (AvgIpc) is 3.18. The molecule has 1 aromatic carbocycles. The van der Waals surface area contributed by atoms with Gasteiger partial charge >= 0.3 is 5.69 Å². The van der Waals surface area contributed by atoms with E-state index >= 15 is 0 Å². The van der Waals surface area contributed by atoms with Crippen molar-refractivity contribution in [1.29, 1.82) is 0 Å². The maximum Gasteiger partial charge on any atom is 0.311 e. The molecule has 0 aliphatic carbocycles. The summed E-state index contributed by atoms with van der Waals surface area (Å²) < 4.78 is 0. The average molecular weight is 384 g/mol. The lowest BCUT2D eigenvalue weighted by atomic mass is 10.1. The standard InChI is InChI=1S/C18H16N4O4S/c23-15-4-3-11(8-14(15)22(25)26)9-21-6-5-13-12(10-21)18(24)20-17(19-13)16-2-1-7-27-16/h1-4,7-8,23H,5-6,9-10H2,(H,19,20,24). The zero-order valence-electron chi connectivity index (χ0n) is 14.2. The highest BCUT2D eigenvalue weighted by atomic mass is 32.1. The van der Waals surface area contributed by atoms with Gasteiger partial charge in [-0.25, -0.2) is 4.98 Å². The van der Waals surface area contributed by atoms with Crippen LogP contribution in [0.5, 0.6) is 5.75 Å². The molecule has 2 aromatic heterocycles. The molecule has 9 heteroatoms. The van der Waals surface area contributed by atoms with Crippen LogP contribution in [0.1, 0.15) is 16.8 Å². The number of rotatable bonds is 4. The van der Waals surface area contributed by atoms with Crippen LogP contribution in [-0.2, 0) is 19.5 Å². The Kier molecular flexibility index (Phi) is 4.46. The predicted octanol–water partition coefficient (Wildman–Crippen LogP) is 2.67. The van der Waals surface area contributed by atoms with Gasteiger partial charge < -0.3 is 10.1 Å². The van der Waals surface area contributed by atoms with E-state index in [0.29, 0.717) is 43.0 Å². The van der Waals surface area contributed by atoms with E-state index in [1.54, 1.807) is 6.07 Å². The van der Waals surface area contributed by atoms with Crippen molar-refractivity contribution in [1.82, 2.24) is 14.9 Å². The lowest BCUT2D eigenvalue weighted by Gasteiger charge is -2.27. The summed E-state index contributed by atoms with van der Waals surface area (Å²) in [4.78, 5) is 33.3. The van der Waals surface area contributed by atoms with Gasteiger partial charge in [-0.05, 0) is 23.1 Å². The molecule has 138 valence electrons. The third-order valence-corrected chi connectivity index (χ3v) is 5.42. The highest BCUT2D eigenvalue weighted by Gasteiger charge is 2.23. The summed E-state index contributed by atoms with van der Waals surface area (Å²) >= 11 is 1.52. The molecule has 0 saturated carbocycles. The molecule has 0 bridgehead atoms. The molecule has 1 aliphatic rings.